The third kappa shape index (κ3) is 9.03. The first-order valence-corrected chi connectivity index (χ1v) is 12.8. The molecule has 1 amide bonds. The zero-order valence-electron chi connectivity index (χ0n) is 20.6. The van der Waals surface area contributed by atoms with Crippen molar-refractivity contribution in [3.05, 3.63) is 35.5 Å². The summed E-state index contributed by atoms with van der Waals surface area (Å²) in [4.78, 5) is 25.9. The minimum Gasteiger partial charge on any atom is -0.359 e. The number of hydrogen-bond donors (Lipinski definition) is 2. The SMILES string of the molecule is CCNCCC(C)CCN1CCCC(C2=CCC=C(C(CCC=O)C(=O)NC)C=C2)CC1. The molecule has 0 aromatic heterocycles. The quantitative estimate of drug-likeness (QED) is 0.330. The van der Waals surface area contributed by atoms with Crippen molar-refractivity contribution in [3.63, 3.8) is 0 Å². The van der Waals surface area contributed by atoms with Gasteiger partial charge in [-0.15, -0.1) is 0 Å². The highest BCUT2D eigenvalue weighted by atomic mass is 16.1. The van der Waals surface area contributed by atoms with Crippen LogP contribution in [0.4, 0.5) is 0 Å². The number of nitrogens with zero attached hydrogens (tertiary/aromatic N) is 1. The van der Waals surface area contributed by atoms with Gasteiger partial charge in [0.2, 0.25) is 5.91 Å². The molecule has 5 heteroatoms. The molecule has 0 radical (unpaired) electrons. The van der Waals surface area contributed by atoms with E-state index in [2.05, 4.69) is 53.7 Å². The van der Waals surface area contributed by atoms with Crippen LogP contribution in [0.5, 0.6) is 0 Å². The van der Waals surface area contributed by atoms with E-state index in [-0.39, 0.29) is 11.8 Å². The summed E-state index contributed by atoms with van der Waals surface area (Å²) in [5.74, 6) is 1.13. The molecule has 180 valence electrons. The van der Waals surface area contributed by atoms with E-state index >= 15 is 0 Å². The number of likely N-dealkylation sites (tertiary alicyclic amines) is 1. The lowest BCUT2D eigenvalue weighted by atomic mass is 9.90. The maximum Gasteiger partial charge on any atom is 0.227 e. The molecule has 5 nitrogen and oxygen atoms in total. The third-order valence-corrected chi connectivity index (χ3v) is 7.01. The second-order valence-electron chi connectivity index (χ2n) is 9.39. The van der Waals surface area contributed by atoms with E-state index in [1.165, 1.54) is 57.3 Å². The summed E-state index contributed by atoms with van der Waals surface area (Å²) >= 11 is 0. The van der Waals surface area contributed by atoms with Crippen molar-refractivity contribution >= 4 is 12.2 Å². The largest absolute Gasteiger partial charge is 0.359 e. The average molecular weight is 444 g/mol. The predicted octanol–water partition coefficient (Wildman–Crippen LogP) is 4.27. The minimum atomic E-state index is -0.242. The van der Waals surface area contributed by atoms with Crippen LogP contribution >= 0.6 is 0 Å². The molecule has 2 aliphatic rings. The van der Waals surface area contributed by atoms with Gasteiger partial charge in [0.25, 0.3) is 0 Å². The fraction of sp³-hybridized carbons (Fsp3) is 0.704. The number of hydrogen-bond acceptors (Lipinski definition) is 4. The first kappa shape index (κ1) is 26.5. The lowest BCUT2D eigenvalue weighted by molar-refractivity contribution is -0.123. The van der Waals surface area contributed by atoms with Crippen LogP contribution in [-0.4, -0.2) is 56.9 Å². The van der Waals surface area contributed by atoms with Crippen LogP contribution < -0.4 is 10.6 Å². The Labute approximate surface area is 195 Å². The van der Waals surface area contributed by atoms with Crippen molar-refractivity contribution in [2.45, 2.75) is 65.2 Å². The normalized spacial score (nSPS) is 21.7. The Kier molecular flexibility index (Phi) is 12.6. The maximum atomic E-state index is 12.3. The van der Waals surface area contributed by atoms with Crippen molar-refractivity contribution in [2.24, 2.45) is 17.8 Å². The molecule has 1 aliphatic carbocycles. The summed E-state index contributed by atoms with van der Waals surface area (Å²) < 4.78 is 0. The fourth-order valence-electron chi connectivity index (χ4n) is 4.86. The van der Waals surface area contributed by atoms with Gasteiger partial charge in [0.15, 0.2) is 0 Å². The van der Waals surface area contributed by atoms with Crippen molar-refractivity contribution in [2.75, 3.05) is 39.8 Å². The van der Waals surface area contributed by atoms with Gasteiger partial charge >= 0.3 is 0 Å². The molecule has 3 unspecified atom stereocenters. The van der Waals surface area contributed by atoms with Crippen LogP contribution in [0, 0.1) is 17.8 Å². The second kappa shape index (κ2) is 15.2. The number of allylic oxidation sites excluding steroid dienone is 5. The zero-order chi connectivity index (χ0) is 23.2. The van der Waals surface area contributed by atoms with E-state index in [9.17, 15) is 9.59 Å². The van der Waals surface area contributed by atoms with E-state index < -0.39 is 0 Å². The van der Waals surface area contributed by atoms with Gasteiger partial charge in [-0.25, -0.2) is 0 Å². The predicted molar refractivity (Wildman–Crippen MR) is 134 cm³/mol. The summed E-state index contributed by atoms with van der Waals surface area (Å²) in [6.45, 7) is 10.3. The molecule has 0 spiro atoms. The molecule has 32 heavy (non-hydrogen) atoms. The molecular weight excluding hydrogens is 398 g/mol. The van der Waals surface area contributed by atoms with Gasteiger partial charge < -0.3 is 20.3 Å². The van der Waals surface area contributed by atoms with Gasteiger partial charge in [-0.2, -0.15) is 0 Å². The monoisotopic (exact) mass is 443 g/mol. The van der Waals surface area contributed by atoms with E-state index in [0.717, 1.165) is 37.3 Å². The Hall–Kier alpha value is -1.72. The van der Waals surface area contributed by atoms with Crippen LogP contribution in [0.1, 0.15) is 65.2 Å². The molecule has 1 aliphatic heterocycles. The number of aldehydes is 1. The van der Waals surface area contributed by atoms with Crippen LogP contribution in [0.2, 0.25) is 0 Å². The van der Waals surface area contributed by atoms with Gasteiger partial charge in [0.05, 0.1) is 5.92 Å². The van der Waals surface area contributed by atoms with Gasteiger partial charge in [-0.05, 0) is 101 Å². The fourth-order valence-corrected chi connectivity index (χ4v) is 4.86. The Morgan fingerprint density at radius 3 is 2.78 bits per heavy atom. The zero-order valence-corrected chi connectivity index (χ0v) is 20.6. The van der Waals surface area contributed by atoms with Gasteiger partial charge in [0.1, 0.15) is 6.29 Å². The van der Waals surface area contributed by atoms with Crippen LogP contribution in [0.25, 0.3) is 0 Å². The summed E-state index contributed by atoms with van der Waals surface area (Å²) in [6, 6.07) is 0. The van der Waals surface area contributed by atoms with Gasteiger partial charge in [-0.3, -0.25) is 4.79 Å². The summed E-state index contributed by atoms with van der Waals surface area (Å²) in [6.07, 6.45) is 17.8. The topological polar surface area (TPSA) is 61.4 Å². The van der Waals surface area contributed by atoms with Crippen molar-refractivity contribution in [3.8, 4) is 0 Å². The lowest BCUT2D eigenvalue weighted by Gasteiger charge is -2.22. The van der Waals surface area contributed by atoms with Crippen LogP contribution in [0.3, 0.4) is 0 Å². The number of nitrogens with one attached hydrogen (secondary N) is 2. The molecule has 3 atom stereocenters. The molecule has 1 heterocycles. The minimum absolute atomic E-state index is 0.00369. The molecule has 0 saturated carbocycles. The molecule has 0 aromatic rings. The highest BCUT2D eigenvalue weighted by molar-refractivity contribution is 5.82. The average Bonchev–Trinajstić information content (AvgIpc) is 3.19. The van der Waals surface area contributed by atoms with Crippen LogP contribution in [-0.2, 0) is 9.59 Å². The van der Waals surface area contributed by atoms with Crippen molar-refractivity contribution < 1.29 is 9.59 Å². The first-order chi connectivity index (χ1) is 15.6. The number of carbonyl (C=O) groups is 2. The molecular formula is C27H45N3O2. The standard InChI is InChI=1S/C27H45N3O2/c1-4-29-17-14-22(2)15-19-30-18-6-10-24(16-20-30)23-8-5-9-25(13-12-23)26(11-7-21-31)27(32)28-3/h8-9,12-13,21-22,24,26,29H,4-7,10-11,14-20H2,1-3H3,(H,28,32). The number of amides is 1. The molecule has 0 aromatic carbocycles. The molecule has 2 rings (SSSR count). The molecule has 1 fully saturated rings. The Bertz CT molecular complexity index is 668. The molecule has 2 N–H and O–H groups in total. The molecule has 1 saturated heterocycles. The van der Waals surface area contributed by atoms with Crippen molar-refractivity contribution in [1.82, 2.24) is 15.5 Å². The van der Waals surface area contributed by atoms with E-state index in [1.807, 2.05) is 0 Å². The maximum absolute atomic E-state index is 12.3. The highest BCUT2D eigenvalue weighted by Gasteiger charge is 2.23. The first-order valence-electron chi connectivity index (χ1n) is 12.8. The summed E-state index contributed by atoms with van der Waals surface area (Å²) in [5.41, 5.74) is 2.46. The summed E-state index contributed by atoms with van der Waals surface area (Å²) in [5, 5.41) is 6.19. The smallest absolute Gasteiger partial charge is 0.227 e. The molecule has 0 bridgehead atoms. The van der Waals surface area contributed by atoms with Crippen molar-refractivity contribution in [1.29, 1.82) is 0 Å². The number of carbonyl (C=O) groups excluding carboxylic acids is 2. The Morgan fingerprint density at radius 2 is 2.03 bits per heavy atom. The van der Waals surface area contributed by atoms with Gasteiger partial charge in [0, 0.05) is 13.5 Å². The Morgan fingerprint density at radius 1 is 1.19 bits per heavy atom. The van der Waals surface area contributed by atoms with E-state index in [1.54, 1.807) is 7.05 Å². The van der Waals surface area contributed by atoms with Gasteiger partial charge in [-0.1, -0.05) is 38.2 Å². The number of rotatable bonds is 13. The second-order valence-corrected chi connectivity index (χ2v) is 9.39. The lowest BCUT2D eigenvalue weighted by Crippen LogP contribution is -2.28. The van der Waals surface area contributed by atoms with E-state index in [0.29, 0.717) is 18.8 Å². The summed E-state index contributed by atoms with van der Waals surface area (Å²) in [7, 11) is 1.67. The van der Waals surface area contributed by atoms with Crippen LogP contribution in [0.15, 0.2) is 35.5 Å². The Balaban J connectivity index is 1.86. The van der Waals surface area contributed by atoms with E-state index in [4.69, 9.17) is 0 Å². The highest BCUT2D eigenvalue weighted by Crippen LogP contribution is 2.30. The third-order valence-electron chi connectivity index (χ3n) is 7.01.